The van der Waals surface area contributed by atoms with E-state index in [1.807, 2.05) is 7.05 Å². The molecule has 1 aromatic heterocycles. The highest BCUT2D eigenvalue weighted by atomic mass is 16.5. The number of methoxy groups -OCH3 is 1. The van der Waals surface area contributed by atoms with Gasteiger partial charge in [-0.05, 0) is 24.2 Å². The largest absolute Gasteiger partial charge is 0.493 e. The van der Waals surface area contributed by atoms with Gasteiger partial charge in [0.1, 0.15) is 11.3 Å². The lowest BCUT2D eigenvalue weighted by molar-refractivity contribution is -0.0104. The van der Waals surface area contributed by atoms with Gasteiger partial charge < -0.3 is 9.84 Å². The van der Waals surface area contributed by atoms with Gasteiger partial charge in [0.15, 0.2) is 5.75 Å². The van der Waals surface area contributed by atoms with Crippen LogP contribution in [0.15, 0.2) is 6.20 Å². The Labute approximate surface area is 103 Å². The van der Waals surface area contributed by atoms with Crippen LogP contribution >= 0.6 is 0 Å². The van der Waals surface area contributed by atoms with E-state index in [0.29, 0.717) is 5.75 Å². The molecule has 17 heavy (non-hydrogen) atoms. The van der Waals surface area contributed by atoms with E-state index in [-0.39, 0.29) is 11.3 Å². The van der Waals surface area contributed by atoms with E-state index >= 15 is 0 Å². The van der Waals surface area contributed by atoms with Crippen LogP contribution < -0.4 is 4.74 Å². The summed E-state index contributed by atoms with van der Waals surface area (Å²) in [5.41, 5.74) is 0.127. The van der Waals surface area contributed by atoms with E-state index in [2.05, 4.69) is 25.9 Å². The molecular formula is C13H22N2O2. The van der Waals surface area contributed by atoms with Crippen LogP contribution in [0.25, 0.3) is 0 Å². The summed E-state index contributed by atoms with van der Waals surface area (Å²) >= 11 is 0. The van der Waals surface area contributed by atoms with Gasteiger partial charge in [0, 0.05) is 7.05 Å². The van der Waals surface area contributed by atoms with Crippen LogP contribution in [0.4, 0.5) is 0 Å². The second-order valence-electron chi connectivity index (χ2n) is 6.06. The third-order valence-electron chi connectivity index (χ3n) is 3.96. The summed E-state index contributed by atoms with van der Waals surface area (Å²) in [6, 6.07) is 0. The monoisotopic (exact) mass is 238 g/mol. The Morgan fingerprint density at radius 3 is 2.65 bits per heavy atom. The van der Waals surface area contributed by atoms with E-state index in [9.17, 15) is 5.11 Å². The lowest BCUT2D eigenvalue weighted by Gasteiger charge is -2.29. The van der Waals surface area contributed by atoms with E-state index < -0.39 is 5.60 Å². The molecule has 1 heterocycles. The van der Waals surface area contributed by atoms with E-state index in [4.69, 9.17) is 4.74 Å². The molecule has 0 spiro atoms. The lowest BCUT2D eigenvalue weighted by Crippen LogP contribution is -2.32. The predicted octanol–water partition coefficient (Wildman–Crippen LogP) is 2.07. The number of rotatable bonds is 2. The predicted molar refractivity (Wildman–Crippen MR) is 65.8 cm³/mol. The SMILES string of the molecule is COc1cnn(C)c1C1(O)CC(C)(C)CC1C. The first kappa shape index (κ1) is 12.4. The standard InChI is InChI=1S/C13H22N2O2/c1-9-6-12(2,3)8-13(9,16)11-10(17-5)7-14-15(11)4/h7,9,16H,6,8H2,1-5H3. The summed E-state index contributed by atoms with van der Waals surface area (Å²) in [5.74, 6) is 0.890. The molecule has 1 aliphatic carbocycles. The van der Waals surface area contributed by atoms with Crippen molar-refractivity contribution in [1.82, 2.24) is 9.78 Å². The zero-order valence-electron chi connectivity index (χ0n) is 11.3. The Morgan fingerprint density at radius 1 is 1.53 bits per heavy atom. The third kappa shape index (κ3) is 1.84. The first-order valence-electron chi connectivity index (χ1n) is 6.09. The average Bonchev–Trinajstić information content (AvgIpc) is 2.66. The number of ether oxygens (including phenoxy) is 1. The molecule has 0 aliphatic heterocycles. The molecular weight excluding hydrogens is 216 g/mol. The molecule has 96 valence electrons. The molecule has 4 nitrogen and oxygen atoms in total. The Balaban J connectivity index is 2.48. The van der Waals surface area contributed by atoms with Crippen LogP contribution in [0.5, 0.6) is 5.75 Å². The van der Waals surface area contributed by atoms with Gasteiger partial charge >= 0.3 is 0 Å². The van der Waals surface area contributed by atoms with Gasteiger partial charge in [-0.2, -0.15) is 5.10 Å². The van der Waals surface area contributed by atoms with Crippen molar-refractivity contribution in [2.75, 3.05) is 7.11 Å². The smallest absolute Gasteiger partial charge is 0.162 e. The van der Waals surface area contributed by atoms with Crippen molar-refractivity contribution in [3.05, 3.63) is 11.9 Å². The number of hydrogen-bond acceptors (Lipinski definition) is 3. The summed E-state index contributed by atoms with van der Waals surface area (Å²) in [6.07, 6.45) is 3.43. The molecule has 1 N–H and O–H groups in total. The second kappa shape index (κ2) is 3.73. The van der Waals surface area contributed by atoms with Gasteiger partial charge in [0.05, 0.1) is 13.3 Å². The van der Waals surface area contributed by atoms with Crippen molar-refractivity contribution in [1.29, 1.82) is 0 Å². The van der Waals surface area contributed by atoms with Gasteiger partial charge in [-0.1, -0.05) is 20.8 Å². The Bertz CT molecular complexity index is 425. The van der Waals surface area contributed by atoms with Crippen molar-refractivity contribution in [2.45, 2.75) is 39.2 Å². The van der Waals surface area contributed by atoms with Crippen molar-refractivity contribution >= 4 is 0 Å². The maximum atomic E-state index is 11.0. The van der Waals surface area contributed by atoms with Crippen LogP contribution in [0.2, 0.25) is 0 Å². The van der Waals surface area contributed by atoms with Crippen molar-refractivity contribution in [3.8, 4) is 5.75 Å². The molecule has 4 heteroatoms. The molecule has 0 saturated heterocycles. The van der Waals surface area contributed by atoms with E-state index in [0.717, 1.165) is 18.5 Å². The molecule has 0 radical (unpaired) electrons. The Kier molecular flexibility index (Phi) is 2.73. The molecule has 0 bridgehead atoms. The summed E-state index contributed by atoms with van der Waals surface area (Å²) in [6.45, 7) is 6.50. The fourth-order valence-corrected chi connectivity index (χ4v) is 3.35. The number of hydrogen-bond donors (Lipinski definition) is 1. The summed E-state index contributed by atoms with van der Waals surface area (Å²) in [7, 11) is 3.47. The van der Waals surface area contributed by atoms with Gasteiger partial charge in [0.25, 0.3) is 0 Å². The number of aryl methyl sites for hydroxylation is 1. The number of nitrogens with zero attached hydrogens (tertiary/aromatic N) is 2. The van der Waals surface area contributed by atoms with Crippen molar-refractivity contribution < 1.29 is 9.84 Å². The van der Waals surface area contributed by atoms with Gasteiger partial charge in [-0.25, -0.2) is 0 Å². The fraction of sp³-hybridized carbons (Fsp3) is 0.769. The summed E-state index contributed by atoms with van der Waals surface area (Å²) in [4.78, 5) is 0. The molecule has 1 aliphatic rings. The first-order valence-corrected chi connectivity index (χ1v) is 6.09. The molecule has 0 aromatic carbocycles. The molecule has 0 amide bonds. The molecule has 2 unspecified atom stereocenters. The summed E-state index contributed by atoms with van der Waals surface area (Å²) < 4.78 is 7.05. The van der Waals surface area contributed by atoms with Crippen molar-refractivity contribution in [2.24, 2.45) is 18.4 Å². The Morgan fingerprint density at radius 2 is 2.18 bits per heavy atom. The van der Waals surface area contributed by atoms with Crippen LogP contribution in [0, 0.1) is 11.3 Å². The molecule has 1 aromatic rings. The maximum Gasteiger partial charge on any atom is 0.162 e. The van der Waals surface area contributed by atoms with E-state index in [1.165, 1.54) is 0 Å². The zero-order valence-corrected chi connectivity index (χ0v) is 11.3. The second-order valence-corrected chi connectivity index (χ2v) is 6.06. The number of aliphatic hydroxyl groups is 1. The normalized spacial score (nSPS) is 31.8. The van der Waals surface area contributed by atoms with Gasteiger partial charge in [-0.15, -0.1) is 0 Å². The fourth-order valence-electron chi connectivity index (χ4n) is 3.35. The molecule has 2 rings (SSSR count). The minimum absolute atomic E-state index is 0.156. The quantitative estimate of drug-likeness (QED) is 0.858. The average molecular weight is 238 g/mol. The molecule has 1 fully saturated rings. The van der Waals surface area contributed by atoms with Crippen LogP contribution in [-0.4, -0.2) is 22.0 Å². The minimum atomic E-state index is -0.833. The highest BCUT2D eigenvalue weighted by Crippen LogP contribution is 2.54. The third-order valence-corrected chi connectivity index (χ3v) is 3.96. The Hall–Kier alpha value is -1.03. The van der Waals surface area contributed by atoms with Gasteiger partial charge in [0.2, 0.25) is 0 Å². The summed E-state index contributed by atoms with van der Waals surface area (Å²) in [5, 5.41) is 15.2. The highest BCUT2D eigenvalue weighted by molar-refractivity contribution is 5.32. The van der Waals surface area contributed by atoms with E-state index in [1.54, 1.807) is 18.0 Å². The van der Waals surface area contributed by atoms with Gasteiger partial charge in [-0.3, -0.25) is 4.68 Å². The first-order chi connectivity index (χ1) is 7.80. The topological polar surface area (TPSA) is 47.3 Å². The highest BCUT2D eigenvalue weighted by Gasteiger charge is 2.51. The minimum Gasteiger partial charge on any atom is -0.493 e. The maximum absolute atomic E-state index is 11.0. The molecule has 1 saturated carbocycles. The van der Waals surface area contributed by atoms with Crippen LogP contribution in [-0.2, 0) is 12.6 Å². The zero-order chi connectivity index (χ0) is 12.8. The lowest BCUT2D eigenvalue weighted by atomic mass is 9.86. The molecule has 2 atom stereocenters. The number of aromatic nitrogens is 2. The van der Waals surface area contributed by atoms with Crippen LogP contribution in [0.3, 0.4) is 0 Å². The van der Waals surface area contributed by atoms with Crippen molar-refractivity contribution in [3.63, 3.8) is 0 Å². The van der Waals surface area contributed by atoms with Crippen LogP contribution in [0.1, 0.15) is 39.3 Å².